The molecule has 35 N–H and O–H groups in total. The zero-order chi connectivity index (χ0) is 110. The molecule has 1 aliphatic heterocycles. The number of guanidine groups is 2. The maximum absolute atomic E-state index is 15.1. The highest BCUT2D eigenvalue weighted by Gasteiger charge is 2.85. The number of alkyl halides is 9. The summed E-state index contributed by atoms with van der Waals surface area (Å²) < 4.78 is 135. The zero-order valence-electron chi connectivity index (χ0n) is 81.1. The van der Waals surface area contributed by atoms with Crippen molar-refractivity contribution in [1.29, 1.82) is 0 Å². The van der Waals surface area contributed by atoms with Gasteiger partial charge in [-0.05, 0) is 127 Å². The van der Waals surface area contributed by atoms with E-state index in [-0.39, 0.29) is 108 Å². The molecule has 18 atom stereocenters. The summed E-state index contributed by atoms with van der Waals surface area (Å²) in [6.07, 6.45) is -31.3. The number of aliphatic carboxylic acids is 3. The number of rotatable bonds is 68. The number of carboxylic acid groups (broad SMARTS) is 3. The molecule has 144 heavy (non-hydrogen) atoms. The second-order valence-corrected chi connectivity index (χ2v) is 36.1. The van der Waals surface area contributed by atoms with Gasteiger partial charge in [-0.3, -0.25) is 91.5 Å². The number of hydrogen-bond donors (Lipinski definition) is 29. The van der Waals surface area contributed by atoms with Gasteiger partial charge in [0.25, 0.3) is 0 Å². The Balaban J connectivity index is 2.95. The molecule has 0 radical (unpaired) electrons. The molecule has 1 aromatic heterocycles. The molecule has 15 amide bonds. The van der Waals surface area contributed by atoms with Gasteiger partial charge in [0.05, 0.1) is 25.1 Å². The Hall–Kier alpha value is -12.3. The van der Waals surface area contributed by atoms with Gasteiger partial charge in [-0.15, -0.1) is 0 Å². The SMILES string of the molecule is CC[C@H](C)[C@H](NC(=O)[C@H](CCCCN)NC(=O)[C@H](CC1CNCN1)NC(=O)[C@H](CCCN=C(N)N)NC(=O)[C@H](CCC(=O)O)NC(=O)[C@@H](NC(=O)[C@H](CC(C)C)NC(=O)[C@@H](N)CS)[C@@H](C)O)C(=O)N[C@H](CCOC(C(F)(F)F)(C(F)(F)F)C(F)(F)F)C(=O)N[C@@H](Cc1cnc[nH]1)C(=O)N[C@@H](CCCN=C(N)N)C(=O)N[C@@H](CC(C)C)C(=O)N[C@@H](CC(C)C)C(=O)N[C@@H](CCC(N)=O)C(=O)N[C@@H](CCC(=O)O)C(=O)O. The van der Waals surface area contributed by atoms with E-state index in [0.29, 0.717) is 0 Å². The van der Waals surface area contributed by atoms with Crippen LogP contribution in [0.25, 0.3) is 0 Å². The lowest BCUT2D eigenvalue weighted by molar-refractivity contribution is -0.457. The molecule has 0 saturated carbocycles. The van der Waals surface area contributed by atoms with Gasteiger partial charge in [0.2, 0.25) is 88.6 Å². The number of aromatic nitrogens is 2. The number of hydrogen-bond acceptors (Lipinski definition) is 28. The van der Waals surface area contributed by atoms with Crippen molar-refractivity contribution in [1.82, 2.24) is 95.0 Å². The van der Waals surface area contributed by atoms with E-state index in [1.54, 1.807) is 41.5 Å². The van der Waals surface area contributed by atoms with Gasteiger partial charge in [0.15, 0.2) is 11.9 Å². The summed E-state index contributed by atoms with van der Waals surface area (Å²) in [6.45, 7) is 10.7. The van der Waals surface area contributed by atoms with E-state index in [4.69, 9.17) is 40.1 Å². The number of H-pyrrole nitrogens is 1. The van der Waals surface area contributed by atoms with E-state index in [2.05, 4.69) is 117 Å². The summed E-state index contributed by atoms with van der Waals surface area (Å²) >= 11 is 4.01. The van der Waals surface area contributed by atoms with Crippen molar-refractivity contribution < 1.29 is 151 Å². The maximum atomic E-state index is 15.1. The summed E-state index contributed by atoms with van der Waals surface area (Å²) in [6, 6.07) is -28.3. The smallest absolute Gasteiger partial charge is 0.435 e. The number of carbonyl (C=O) groups is 18. The molecule has 0 aromatic carbocycles. The fourth-order valence-corrected chi connectivity index (χ4v) is 14.5. The van der Waals surface area contributed by atoms with Crippen LogP contribution in [0.4, 0.5) is 39.5 Å². The molecule has 1 saturated heterocycles. The molecule has 1 unspecified atom stereocenters. The third kappa shape index (κ3) is 45.3. The quantitative estimate of drug-likeness (QED) is 0.00952. The van der Waals surface area contributed by atoms with Crippen molar-refractivity contribution in [2.75, 3.05) is 45.2 Å². The Labute approximate surface area is 828 Å². The summed E-state index contributed by atoms with van der Waals surface area (Å²) in [4.78, 5) is 265. The van der Waals surface area contributed by atoms with Gasteiger partial charge in [-0.2, -0.15) is 52.1 Å². The van der Waals surface area contributed by atoms with Crippen molar-refractivity contribution in [3.05, 3.63) is 18.2 Å². The monoisotopic (exact) mass is 2100 g/mol. The largest absolute Gasteiger partial charge is 0.481 e. The van der Waals surface area contributed by atoms with E-state index in [1.807, 2.05) is 5.32 Å². The molecule has 0 spiro atoms. The second kappa shape index (κ2) is 62.4. The van der Waals surface area contributed by atoms with Crippen LogP contribution < -0.4 is 125 Å². The summed E-state index contributed by atoms with van der Waals surface area (Å²) in [7, 11) is 0. The number of aliphatic hydroxyl groups excluding tert-OH is 1. The van der Waals surface area contributed by atoms with E-state index in [1.165, 1.54) is 13.8 Å². The number of thiol groups is 1. The molecule has 2 rings (SSSR count). The molecule has 1 fully saturated rings. The molecule has 1 aliphatic rings. The predicted octanol–water partition coefficient (Wildman–Crippen LogP) is -5.38. The fourth-order valence-electron chi connectivity index (χ4n) is 14.4. The fraction of sp³-hybridized carbons (Fsp3) is 0.726. The molecular formula is C84H140F9N27O23S. The minimum Gasteiger partial charge on any atom is -0.481 e. The Bertz CT molecular complexity index is 4420. The first kappa shape index (κ1) is 128. The Morgan fingerprint density at radius 1 is 0.458 bits per heavy atom. The average Bonchev–Trinajstić information content (AvgIpc) is 0.922. The van der Waals surface area contributed by atoms with E-state index < -0.39 is 340 Å². The number of carboxylic acids is 3. The van der Waals surface area contributed by atoms with Crippen LogP contribution in [0.3, 0.4) is 0 Å². The Kier molecular flexibility index (Phi) is 55.4. The maximum Gasteiger partial charge on any atom is 0.435 e. The molecule has 1 aromatic rings. The Morgan fingerprint density at radius 3 is 1.18 bits per heavy atom. The van der Waals surface area contributed by atoms with E-state index >= 15 is 24.0 Å². The van der Waals surface area contributed by atoms with Crippen LogP contribution >= 0.6 is 12.6 Å². The van der Waals surface area contributed by atoms with Crippen molar-refractivity contribution in [2.24, 2.45) is 73.8 Å². The Morgan fingerprint density at radius 2 is 0.806 bits per heavy atom. The number of halogens is 9. The van der Waals surface area contributed by atoms with Crippen LogP contribution in [-0.4, -0.2) is 321 Å². The molecule has 0 bridgehead atoms. The number of aliphatic hydroxyl groups is 1. The van der Waals surface area contributed by atoms with Crippen molar-refractivity contribution in [3.8, 4) is 0 Å². The van der Waals surface area contributed by atoms with Crippen LogP contribution in [-0.2, 0) is 97.5 Å². The van der Waals surface area contributed by atoms with Gasteiger partial charge < -0.3 is 155 Å². The summed E-state index contributed by atoms with van der Waals surface area (Å²) in [5, 5.41) is 78.5. The number of imidazole rings is 1. The normalized spacial score (nSPS) is 16.4. The number of nitrogens with one attached hydrogen (secondary N) is 17. The van der Waals surface area contributed by atoms with E-state index in [0.717, 1.165) is 19.4 Å². The van der Waals surface area contributed by atoms with Crippen LogP contribution in [0.2, 0.25) is 0 Å². The highest BCUT2D eigenvalue weighted by molar-refractivity contribution is 7.80. The van der Waals surface area contributed by atoms with Crippen LogP contribution in [0.1, 0.15) is 190 Å². The van der Waals surface area contributed by atoms with Crippen LogP contribution in [0, 0.1) is 23.7 Å². The van der Waals surface area contributed by atoms with Crippen molar-refractivity contribution in [2.45, 2.75) is 318 Å². The topological polar surface area (TPSA) is 825 Å². The molecular weight excluding hydrogens is 1960 g/mol. The molecule has 50 nitrogen and oxygen atoms in total. The number of aliphatic imine (C=N–C) groups is 2. The van der Waals surface area contributed by atoms with E-state index in [9.17, 15) is 122 Å². The number of nitrogens with zero attached hydrogens (tertiary/aromatic N) is 3. The number of carbonyl (C=O) groups excluding carboxylic acids is 15. The first-order valence-electron chi connectivity index (χ1n) is 46.4. The number of unbranched alkanes of at least 4 members (excludes halogenated alkanes) is 1. The highest BCUT2D eigenvalue weighted by atomic mass is 32.1. The molecule has 818 valence electrons. The number of nitrogens with two attached hydrogens (primary N) is 7. The lowest BCUT2D eigenvalue weighted by Crippen LogP contribution is -2.68. The van der Waals surface area contributed by atoms with Gasteiger partial charge in [0.1, 0.15) is 84.6 Å². The van der Waals surface area contributed by atoms with Gasteiger partial charge in [0, 0.05) is 82.1 Å². The lowest BCUT2D eigenvalue weighted by atomic mass is 9.96. The number of aromatic amines is 1. The number of ether oxygens (including phenoxy) is 1. The van der Waals surface area contributed by atoms with Crippen molar-refractivity contribution >= 4 is 131 Å². The highest BCUT2D eigenvalue weighted by Crippen LogP contribution is 2.55. The first-order chi connectivity index (χ1) is 67.0. The summed E-state index contributed by atoms with van der Waals surface area (Å²) in [5.74, 6) is -26.7. The molecule has 60 heteroatoms. The van der Waals surface area contributed by atoms with Gasteiger partial charge in [-0.1, -0.05) is 61.8 Å². The molecule has 0 aliphatic carbocycles. The van der Waals surface area contributed by atoms with Crippen molar-refractivity contribution in [3.63, 3.8) is 0 Å². The number of primary amides is 1. The third-order valence-electron chi connectivity index (χ3n) is 22.2. The molecule has 2 heterocycles. The van der Waals surface area contributed by atoms with Gasteiger partial charge >= 0.3 is 42.0 Å². The first-order valence-corrected chi connectivity index (χ1v) is 47.0. The minimum absolute atomic E-state index is 0.0246. The average molecular weight is 2100 g/mol. The third-order valence-corrected chi connectivity index (χ3v) is 22.6. The second-order valence-electron chi connectivity index (χ2n) is 35.8. The number of amides is 15. The predicted molar refractivity (Wildman–Crippen MR) is 499 cm³/mol. The summed E-state index contributed by atoms with van der Waals surface area (Å²) in [5.41, 5.74) is 32.1. The minimum atomic E-state index is -7.38. The van der Waals surface area contributed by atoms with Crippen LogP contribution in [0.5, 0.6) is 0 Å². The van der Waals surface area contributed by atoms with Gasteiger partial charge in [-0.25, -0.2) is 9.78 Å². The standard InChI is InChI=1S/C84H140F9N27O23S/c1-10-42(8)62(119-70(133)47(15-11-12-25-94)108-73(136)57(32-44-34-101-37-105-44)117-66(129)48(16-13-26-103-79(97)98)107-67(130)51(19-22-60(123)124)111-77(140)63(43(9)121)120-75(138)56(31-41(6)7)114-64(127)46(95)36-144)76(139)112-52(24-28-143-81(82(85,86)87,83(88,89)90)84(91,92)93)69(132)118-58(33-45-35-102-38-106-45)74(137)109-49(17-14-27-104-80(99)100)65(128)115-55(30-40(4)5)72(135)116-54(29-39(2)3)71(134)110-50(18-21-59(96)122)68(131)113-53(78(141)142)20-23-61(125)126/h35,38-44,46-58,62-63,101,105,121,144H,10-34,36-37,94-95H2,1-9H3,(H2,96,122)(H,102,106)(H,107,130)(H,108,136)(H,109,137)(H,110,134)(H,111,140)(H,112,139)(H,113,131)(H,114,127)(H,115,128)(H,116,135)(H,117,129)(H,118,132)(H,119,133)(H,120,138)(H,123,124)(H,125,126)(H,141,142)(H4,97,98,103)(H4,99,100,104)/t42-,43+,44?,46-,47-,48-,49-,50-,51-,52+,53-,54-,55-,56-,57-,58-,62-,63-/m0/s1. The van der Waals surface area contributed by atoms with Crippen LogP contribution in [0.15, 0.2) is 22.5 Å². The lowest BCUT2D eigenvalue weighted by Gasteiger charge is -2.38. The zero-order valence-corrected chi connectivity index (χ0v) is 82.0.